The van der Waals surface area contributed by atoms with Crippen molar-refractivity contribution in [3.05, 3.63) is 64.5 Å². The highest BCUT2D eigenvalue weighted by Gasteiger charge is 2.10. The van der Waals surface area contributed by atoms with Crippen molar-refractivity contribution in [2.24, 2.45) is 0 Å². The van der Waals surface area contributed by atoms with E-state index in [1.54, 1.807) is 31.2 Å². The summed E-state index contributed by atoms with van der Waals surface area (Å²) in [5, 5.41) is 5.44. The normalized spacial score (nSPS) is 10.5. The van der Waals surface area contributed by atoms with E-state index in [0.717, 1.165) is 15.6 Å². The van der Waals surface area contributed by atoms with E-state index >= 15 is 0 Å². The van der Waals surface area contributed by atoms with Crippen LogP contribution >= 0.6 is 34.7 Å². The molecule has 0 unspecified atom stereocenters. The molecule has 1 N–H and O–H groups in total. The Morgan fingerprint density at radius 2 is 1.86 bits per heavy atom. The maximum atomic E-state index is 12.2. The van der Waals surface area contributed by atoms with Crippen LogP contribution in [0.1, 0.15) is 17.3 Å². The van der Waals surface area contributed by atoms with Crippen LogP contribution in [0.2, 0.25) is 5.02 Å². The van der Waals surface area contributed by atoms with Crippen molar-refractivity contribution in [1.29, 1.82) is 0 Å². The van der Waals surface area contributed by atoms with Gasteiger partial charge in [-0.05, 0) is 43.3 Å². The quantitative estimate of drug-likeness (QED) is 0.401. The summed E-state index contributed by atoms with van der Waals surface area (Å²) in [7, 11) is 0. The van der Waals surface area contributed by atoms with E-state index in [4.69, 9.17) is 16.3 Å². The first-order chi connectivity index (χ1) is 13.5. The second kappa shape index (κ2) is 9.73. The van der Waals surface area contributed by atoms with Gasteiger partial charge in [-0.1, -0.05) is 35.5 Å². The van der Waals surface area contributed by atoms with Gasteiger partial charge in [-0.3, -0.25) is 4.79 Å². The Labute approximate surface area is 176 Å². The van der Waals surface area contributed by atoms with Crippen LogP contribution in [-0.2, 0) is 9.53 Å². The summed E-state index contributed by atoms with van der Waals surface area (Å²) in [4.78, 5) is 28.3. The number of esters is 1. The van der Waals surface area contributed by atoms with Gasteiger partial charge in [0.15, 0.2) is 4.34 Å². The number of ether oxygens (including phenoxy) is 1. The van der Waals surface area contributed by atoms with Crippen LogP contribution in [-0.4, -0.2) is 29.2 Å². The van der Waals surface area contributed by atoms with Crippen molar-refractivity contribution in [2.75, 3.05) is 17.7 Å². The number of nitrogens with zero attached hydrogens (tertiary/aromatic N) is 1. The summed E-state index contributed by atoms with van der Waals surface area (Å²) in [5.41, 5.74) is 2.92. The molecule has 1 heterocycles. The second-order valence-electron chi connectivity index (χ2n) is 5.64. The van der Waals surface area contributed by atoms with Crippen molar-refractivity contribution < 1.29 is 14.3 Å². The van der Waals surface area contributed by atoms with E-state index in [-0.39, 0.29) is 17.6 Å². The number of carbonyl (C=O) groups is 2. The maximum absolute atomic E-state index is 12.2. The third kappa shape index (κ3) is 5.58. The molecule has 0 aliphatic carbocycles. The minimum absolute atomic E-state index is 0.142. The minimum atomic E-state index is -0.379. The first kappa shape index (κ1) is 20.4. The average molecular weight is 433 g/mol. The Bertz CT molecular complexity index is 956. The molecule has 0 aliphatic rings. The molecule has 1 amide bonds. The van der Waals surface area contributed by atoms with Crippen molar-refractivity contribution in [3.63, 3.8) is 0 Å². The number of thioether (sulfide) groups is 1. The smallest absolute Gasteiger partial charge is 0.338 e. The zero-order valence-electron chi connectivity index (χ0n) is 15.0. The highest BCUT2D eigenvalue weighted by molar-refractivity contribution is 8.01. The average Bonchev–Trinajstić information content (AvgIpc) is 3.17. The molecule has 0 saturated heterocycles. The summed E-state index contributed by atoms with van der Waals surface area (Å²) in [5.74, 6) is -0.277. The van der Waals surface area contributed by atoms with Crippen LogP contribution in [0.5, 0.6) is 0 Å². The first-order valence-corrected chi connectivity index (χ1v) is 10.7. The van der Waals surface area contributed by atoms with Crippen molar-refractivity contribution in [2.45, 2.75) is 11.3 Å². The summed E-state index contributed by atoms with van der Waals surface area (Å²) < 4.78 is 5.75. The van der Waals surface area contributed by atoms with Gasteiger partial charge in [0.1, 0.15) is 0 Å². The van der Waals surface area contributed by atoms with Crippen LogP contribution in [0, 0.1) is 0 Å². The minimum Gasteiger partial charge on any atom is -0.462 e. The molecule has 8 heteroatoms. The maximum Gasteiger partial charge on any atom is 0.338 e. The van der Waals surface area contributed by atoms with Gasteiger partial charge in [-0.25, -0.2) is 9.78 Å². The predicted molar refractivity (Wildman–Crippen MR) is 114 cm³/mol. The lowest BCUT2D eigenvalue weighted by atomic mass is 10.2. The number of hydrogen-bond donors (Lipinski definition) is 1. The molecule has 0 bridgehead atoms. The monoisotopic (exact) mass is 432 g/mol. The summed E-state index contributed by atoms with van der Waals surface area (Å²) in [6.07, 6.45) is 0. The Morgan fingerprint density at radius 1 is 1.14 bits per heavy atom. The Hall–Kier alpha value is -2.35. The zero-order chi connectivity index (χ0) is 19.9. The molecule has 1 aromatic heterocycles. The Balaban J connectivity index is 1.52. The molecule has 3 aromatic rings. The molecule has 0 spiro atoms. The van der Waals surface area contributed by atoms with Crippen LogP contribution < -0.4 is 5.32 Å². The van der Waals surface area contributed by atoms with E-state index in [2.05, 4.69) is 10.3 Å². The zero-order valence-corrected chi connectivity index (χ0v) is 17.4. The fraction of sp³-hybridized carbons (Fsp3) is 0.150. The number of rotatable bonds is 7. The Kier molecular flexibility index (Phi) is 7.08. The molecule has 0 fully saturated rings. The summed E-state index contributed by atoms with van der Waals surface area (Å²) in [6.45, 7) is 2.08. The third-order valence-electron chi connectivity index (χ3n) is 3.63. The number of aromatic nitrogens is 1. The van der Waals surface area contributed by atoms with E-state index in [9.17, 15) is 9.59 Å². The lowest BCUT2D eigenvalue weighted by molar-refractivity contribution is -0.113. The van der Waals surface area contributed by atoms with Gasteiger partial charge in [0, 0.05) is 21.7 Å². The molecule has 144 valence electrons. The molecular formula is C20H17ClN2O3S2. The van der Waals surface area contributed by atoms with Gasteiger partial charge in [-0.15, -0.1) is 11.3 Å². The molecule has 0 saturated carbocycles. The van der Waals surface area contributed by atoms with E-state index in [1.807, 2.05) is 29.6 Å². The van der Waals surface area contributed by atoms with Gasteiger partial charge in [0.2, 0.25) is 5.91 Å². The number of hydrogen-bond acceptors (Lipinski definition) is 6. The fourth-order valence-corrected chi connectivity index (χ4v) is 4.07. The van der Waals surface area contributed by atoms with Crippen molar-refractivity contribution in [1.82, 2.24) is 4.98 Å². The fourth-order valence-electron chi connectivity index (χ4n) is 2.31. The van der Waals surface area contributed by atoms with Gasteiger partial charge in [0.05, 0.1) is 23.6 Å². The van der Waals surface area contributed by atoms with E-state index < -0.39 is 0 Å². The molecule has 2 aromatic carbocycles. The molecule has 0 atom stereocenters. The highest BCUT2D eigenvalue weighted by atomic mass is 35.5. The summed E-state index contributed by atoms with van der Waals surface area (Å²) >= 11 is 8.77. The number of benzene rings is 2. The van der Waals surface area contributed by atoms with E-state index in [0.29, 0.717) is 22.9 Å². The number of halogens is 1. The molecule has 5 nitrogen and oxygen atoms in total. The number of amides is 1. The second-order valence-corrected chi connectivity index (χ2v) is 8.16. The van der Waals surface area contributed by atoms with Gasteiger partial charge in [-0.2, -0.15) is 0 Å². The van der Waals surface area contributed by atoms with Crippen molar-refractivity contribution >= 4 is 52.3 Å². The summed E-state index contributed by atoms with van der Waals surface area (Å²) in [6, 6.07) is 14.1. The number of carbonyl (C=O) groups excluding carboxylic acids is 2. The van der Waals surface area contributed by atoms with Gasteiger partial charge < -0.3 is 10.1 Å². The molecule has 0 radical (unpaired) electrons. The number of thiazole rings is 1. The number of anilines is 1. The largest absolute Gasteiger partial charge is 0.462 e. The lowest BCUT2D eigenvalue weighted by Gasteiger charge is -2.06. The standard InChI is InChI=1S/C20H17ClN2O3S2/c1-2-26-19(25)14-5-9-16(10-6-14)22-18(24)12-28-20-23-17(11-27-20)13-3-7-15(21)8-4-13/h3-11H,2,12H2,1H3,(H,22,24). The van der Waals surface area contributed by atoms with Crippen LogP contribution in [0.15, 0.2) is 58.3 Å². The van der Waals surface area contributed by atoms with Crippen molar-refractivity contribution in [3.8, 4) is 11.3 Å². The molecule has 28 heavy (non-hydrogen) atoms. The molecule has 3 rings (SSSR count). The predicted octanol–water partition coefficient (Wildman–Crippen LogP) is 5.37. The molecular weight excluding hydrogens is 416 g/mol. The van der Waals surface area contributed by atoms with Crippen LogP contribution in [0.4, 0.5) is 5.69 Å². The van der Waals surface area contributed by atoms with Crippen LogP contribution in [0.3, 0.4) is 0 Å². The van der Waals surface area contributed by atoms with E-state index in [1.165, 1.54) is 23.1 Å². The third-order valence-corrected chi connectivity index (χ3v) is 5.90. The molecule has 0 aliphatic heterocycles. The van der Waals surface area contributed by atoms with Gasteiger partial charge in [0.25, 0.3) is 0 Å². The SMILES string of the molecule is CCOC(=O)c1ccc(NC(=O)CSc2nc(-c3ccc(Cl)cc3)cs2)cc1. The first-order valence-electron chi connectivity index (χ1n) is 8.46. The number of nitrogens with one attached hydrogen (secondary N) is 1. The van der Waals surface area contributed by atoms with Gasteiger partial charge >= 0.3 is 5.97 Å². The lowest BCUT2D eigenvalue weighted by Crippen LogP contribution is -2.14. The highest BCUT2D eigenvalue weighted by Crippen LogP contribution is 2.29. The topological polar surface area (TPSA) is 68.3 Å². The Morgan fingerprint density at radius 3 is 2.54 bits per heavy atom. The van der Waals surface area contributed by atoms with Crippen LogP contribution in [0.25, 0.3) is 11.3 Å².